The van der Waals surface area contributed by atoms with E-state index < -0.39 is 10.0 Å². The van der Waals surface area contributed by atoms with Crippen molar-refractivity contribution in [1.82, 2.24) is 10.2 Å². The van der Waals surface area contributed by atoms with Crippen LogP contribution in [-0.4, -0.2) is 23.7 Å². The number of aryl methyl sites for hydroxylation is 2. The summed E-state index contributed by atoms with van der Waals surface area (Å²) < 4.78 is 26.7. The van der Waals surface area contributed by atoms with Crippen molar-refractivity contribution in [3.8, 4) is 0 Å². The maximum atomic E-state index is 12.1. The molecule has 0 amide bonds. The molecule has 7 heteroatoms. The molecule has 0 atom stereocenters. The van der Waals surface area contributed by atoms with Gasteiger partial charge in [0, 0.05) is 11.3 Å². The van der Waals surface area contributed by atoms with Crippen molar-refractivity contribution >= 4 is 15.7 Å². The Hall–Kier alpha value is -1.86. The van der Waals surface area contributed by atoms with E-state index in [-0.39, 0.29) is 17.2 Å². The lowest BCUT2D eigenvalue weighted by Crippen LogP contribution is -2.15. The van der Waals surface area contributed by atoms with Crippen LogP contribution in [0.25, 0.3) is 0 Å². The first-order valence-corrected chi connectivity index (χ1v) is 7.15. The van der Waals surface area contributed by atoms with Crippen molar-refractivity contribution < 1.29 is 13.5 Å². The Labute approximate surface area is 111 Å². The molecule has 0 aliphatic rings. The zero-order valence-electron chi connectivity index (χ0n) is 10.6. The molecule has 0 aliphatic carbocycles. The molecule has 0 unspecified atom stereocenters. The minimum absolute atomic E-state index is 0.117. The molecule has 102 valence electrons. The quantitative estimate of drug-likeness (QED) is 0.787. The average molecular weight is 281 g/mol. The van der Waals surface area contributed by atoms with Gasteiger partial charge in [0.1, 0.15) is 0 Å². The fraction of sp³-hybridized carbons (Fsp3) is 0.250. The van der Waals surface area contributed by atoms with Crippen LogP contribution in [0.15, 0.2) is 29.4 Å². The molecular formula is C12H15N3O3S. The van der Waals surface area contributed by atoms with Crippen molar-refractivity contribution in [1.29, 1.82) is 0 Å². The summed E-state index contributed by atoms with van der Waals surface area (Å²) in [5.41, 5.74) is 2.78. The molecule has 0 saturated heterocycles. The fourth-order valence-corrected chi connectivity index (χ4v) is 2.83. The lowest BCUT2D eigenvalue weighted by atomic mass is 10.1. The van der Waals surface area contributed by atoms with E-state index in [1.165, 1.54) is 6.20 Å². The summed E-state index contributed by atoms with van der Waals surface area (Å²) in [6.07, 6.45) is 1.29. The van der Waals surface area contributed by atoms with Crippen LogP contribution in [0.5, 0.6) is 0 Å². The van der Waals surface area contributed by atoms with Crippen LogP contribution >= 0.6 is 0 Å². The van der Waals surface area contributed by atoms with Crippen molar-refractivity contribution in [3.63, 3.8) is 0 Å². The minimum Gasteiger partial charge on any atom is -0.392 e. The molecule has 6 nitrogen and oxygen atoms in total. The number of aliphatic hydroxyl groups is 1. The van der Waals surface area contributed by atoms with Crippen LogP contribution in [-0.2, 0) is 16.6 Å². The number of nitrogens with one attached hydrogen (secondary N) is 2. The molecule has 2 aromatic rings. The summed E-state index contributed by atoms with van der Waals surface area (Å²) >= 11 is 0. The molecule has 0 aliphatic heterocycles. The first-order valence-electron chi connectivity index (χ1n) is 5.67. The van der Waals surface area contributed by atoms with Gasteiger partial charge in [-0.3, -0.25) is 9.82 Å². The fourth-order valence-electron chi connectivity index (χ4n) is 1.66. The Bertz CT molecular complexity index is 692. The molecule has 0 saturated carbocycles. The number of hydrogen-bond acceptors (Lipinski definition) is 4. The number of hydrogen-bond donors (Lipinski definition) is 3. The summed E-state index contributed by atoms with van der Waals surface area (Å²) in [6, 6.07) is 5.28. The van der Waals surface area contributed by atoms with E-state index in [1.54, 1.807) is 12.1 Å². The Morgan fingerprint density at radius 1 is 1.32 bits per heavy atom. The number of nitrogens with zero attached hydrogens (tertiary/aromatic N) is 1. The third-order valence-electron chi connectivity index (χ3n) is 2.88. The van der Waals surface area contributed by atoms with Gasteiger partial charge in [-0.1, -0.05) is 6.07 Å². The molecule has 1 aromatic carbocycles. The molecule has 1 aromatic heterocycles. The molecule has 1 heterocycles. The smallest absolute Gasteiger partial charge is 0.279 e. The zero-order chi connectivity index (χ0) is 14.0. The first-order chi connectivity index (χ1) is 8.94. The van der Waals surface area contributed by atoms with E-state index >= 15 is 0 Å². The zero-order valence-corrected chi connectivity index (χ0v) is 11.5. The highest BCUT2D eigenvalue weighted by molar-refractivity contribution is 7.92. The maximum absolute atomic E-state index is 12.1. The molecule has 19 heavy (non-hydrogen) atoms. The third-order valence-corrected chi connectivity index (χ3v) is 4.27. The minimum atomic E-state index is -3.77. The van der Waals surface area contributed by atoms with Gasteiger partial charge >= 0.3 is 0 Å². The molecule has 3 N–H and O–H groups in total. The van der Waals surface area contributed by atoms with E-state index in [4.69, 9.17) is 5.11 Å². The number of sulfonamides is 1. The van der Waals surface area contributed by atoms with Gasteiger partial charge in [-0.05, 0) is 37.1 Å². The Morgan fingerprint density at radius 3 is 2.68 bits per heavy atom. The lowest BCUT2D eigenvalue weighted by molar-refractivity contribution is 0.278. The maximum Gasteiger partial charge on any atom is 0.279 e. The van der Waals surface area contributed by atoms with E-state index in [0.29, 0.717) is 5.69 Å². The second-order valence-corrected chi connectivity index (χ2v) is 5.91. The highest BCUT2D eigenvalue weighted by Crippen LogP contribution is 2.19. The van der Waals surface area contributed by atoms with Gasteiger partial charge in [-0.2, -0.15) is 13.5 Å². The second kappa shape index (κ2) is 5.02. The number of aromatic amines is 1. The van der Waals surface area contributed by atoms with Gasteiger partial charge in [-0.15, -0.1) is 0 Å². The third kappa shape index (κ3) is 2.77. The van der Waals surface area contributed by atoms with Crippen LogP contribution in [0.1, 0.15) is 16.7 Å². The van der Waals surface area contributed by atoms with E-state index in [0.717, 1.165) is 11.1 Å². The molecule has 0 radical (unpaired) electrons. The van der Waals surface area contributed by atoms with Crippen LogP contribution < -0.4 is 4.72 Å². The lowest BCUT2D eigenvalue weighted by Gasteiger charge is -2.09. The van der Waals surface area contributed by atoms with Gasteiger partial charge in [0.15, 0.2) is 5.03 Å². The number of rotatable bonds is 4. The van der Waals surface area contributed by atoms with Crippen LogP contribution in [0.2, 0.25) is 0 Å². The molecule has 0 bridgehead atoms. The molecular weight excluding hydrogens is 266 g/mol. The van der Waals surface area contributed by atoms with Crippen molar-refractivity contribution in [3.05, 3.63) is 41.1 Å². The largest absolute Gasteiger partial charge is 0.392 e. The van der Waals surface area contributed by atoms with E-state index in [9.17, 15) is 8.42 Å². The van der Waals surface area contributed by atoms with Gasteiger partial charge in [0.25, 0.3) is 10.0 Å². The highest BCUT2D eigenvalue weighted by Gasteiger charge is 2.20. The Morgan fingerprint density at radius 2 is 2.05 bits per heavy atom. The Kier molecular flexibility index (Phi) is 3.59. The molecule has 2 rings (SSSR count). The van der Waals surface area contributed by atoms with E-state index in [2.05, 4.69) is 14.9 Å². The Balaban J connectivity index is 2.34. The number of anilines is 1. The second-order valence-electron chi connectivity index (χ2n) is 4.29. The molecule has 0 fully saturated rings. The normalized spacial score (nSPS) is 11.5. The monoisotopic (exact) mass is 281 g/mol. The van der Waals surface area contributed by atoms with Crippen molar-refractivity contribution in [2.75, 3.05) is 4.72 Å². The van der Waals surface area contributed by atoms with Crippen LogP contribution in [0.3, 0.4) is 0 Å². The van der Waals surface area contributed by atoms with E-state index in [1.807, 2.05) is 19.9 Å². The number of H-pyrrole nitrogens is 1. The van der Waals surface area contributed by atoms with Gasteiger partial charge in [-0.25, -0.2) is 0 Å². The number of benzene rings is 1. The number of aromatic nitrogens is 2. The topological polar surface area (TPSA) is 95.1 Å². The van der Waals surface area contributed by atoms with Crippen molar-refractivity contribution in [2.24, 2.45) is 0 Å². The van der Waals surface area contributed by atoms with Gasteiger partial charge in [0.05, 0.1) is 12.8 Å². The number of aliphatic hydroxyl groups excluding tert-OH is 1. The van der Waals surface area contributed by atoms with Crippen LogP contribution in [0.4, 0.5) is 5.69 Å². The molecule has 0 spiro atoms. The van der Waals surface area contributed by atoms with Gasteiger partial charge in [0.2, 0.25) is 0 Å². The highest BCUT2D eigenvalue weighted by atomic mass is 32.2. The average Bonchev–Trinajstić information content (AvgIpc) is 2.82. The summed E-state index contributed by atoms with van der Waals surface area (Å²) in [6.45, 7) is 3.47. The first kappa shape index (κ1) is 13.6. The summed E-state index contributed by atoms with van der Waals surface area (Å²) in [5.74, 6) is 0. The predicted octanol–water partition coefficient (Wildman–Crippen LogP) is 1.32. The summed E-state index contributed by atoms with van der Waals surface area (Å²) in [5, 5.41) is 15.0. The SMILES string of the molecule is Cc1ccc(NS(=O)(=O)c2[nH]ncc2CO)cc1C. The summed E-state index contributed by atoms with van der Waals surface area (Å²) in [4.78, 5) is 0. The van der Waals surface area contributed by atoms with Crippen molar-refractivity contribution in [2.45, 2.75) is 25.5 Å². The van der Waals surface area contributed by atoms with Crippen LogP contribution in [0, 0.1) is 13.8 Å². The standard InChI is InChI=1S/C12H15N3O3S/c1-8-3-4-11(5-9(8)2)15-19(17,18)12-10(7-16)6-13-14-12/h3-6,15-16H,7H2,1-2H3,(H,13,14). The van der Waals surface area contributed by atoms with Gasteiger partial charge < -0.3 is 5.11 Å². The summed E-state index contributed by atoms with van der Waals surface area (Å²) in [7, 11) is -3.77. The predicted molar refractivity (Wildman–Crippen MR) is 71.2 cm³/mol.